The number of hydrogen-bond acceptors (Lipinski definition) is 3. The fourth-order valence-electron chi connectivity index (χ4n) is 2.95. The van der Waals surface area contributed by atoms with Gasteiger partial charge < -0.3 is 15.5 Å². The second kappa shape index (κ2) is 10.8. The van der Waals surface area contributed by atoms with Gasteiger partial charge in [0.05, 0.1) is 0 Å². The SMILES string of the molecule is CCCNC(=NCC(=O)N(C)C)NC1CCN(Cc2ccccc2)CC1. The van der Waals surface area contributed by atoms with Gasteiger partial charge in [0.25, 0.3) is 0 Å². The lowest BCUT2D eigenvalue weighted by Crippen LogP contribution is -2.49. The molecule has 2 N–H and O–H groups in total. The van der Waals surface area contributed by atoms with Gasteiger partial charge >= 0.3 is 0 Å². The van der Waals surface area contributed by atoms with Crippen LogP contribution in [0.4, 0.5) is 0 Å². The van der Waals surface area contributed by atoms with Crippen LogP contribution in [0.25, 0.3) is 0 Å². The van der Waals surface area contributed by atoms with Gasteiger partial charge in [0, 0.05) is 46.3 Å². The van der Waals surface area contributed by atoms with E-state index in [0.717, 1.165) is 51.4 Å². The number of nitrogens with zero attached hydrogens (tertiary/aromatic N) is 3. The molecular weight excluding hydrogens is 326 g/mol. The van der Waals surface area contributed by atoms with E-state index in [9.17, 15) is 4.79 Å². The Hall–Kier alpha value is -2.08. The molecule has 6 heteroatoms. The lowest BCUT2D eigenvalue weighted by Gasteiger charge is -2.33. The highest BCUT2D eigenvalue weighted by atomic mass is 16.2. The molecule has 0 radical (unpaired) electrons. The number of aliphatic imine (C=N–C) groups is 1. The lowest BCUT2D eigenvalue weighted by molar-refractivity contribution is -0.127. The molecular formula is C20H33N5O. The van der Waals surface area contributed by atoms with Crippen molar-refractivity contribution in [3.63, 3.8) is 0 Å². The van der Waals surface area contributed by atoms with E-state index in [1.54, 1.807) is 19.0 Å². The maximum Gasteiger partial charge on any atom is 0.243 e. The lowest BCUT2D eigenvalue weighted by atomic mass is 10.0. The molecule has 1 heterocycles. The second-order valence-corrected chi connectivity index (χ2v) is 7.06. The van der Waals surface area contributed by atoms with Gasteiger partial charge in [-0.2, -0.15) is 0 Å². The minimum Gasteiger partial charge on any atom is -0.356 e. The first kappa shape index (κ1) is 20.2. The van der Waals surface area contributed by atoms with Crippen LogP contribution in [-0.2, 0) is 11.3 Å². The van der Waals surface area contributed by atoms with Crippen molar-refractivity contribution in [1.29, 1.82) is 0 Å². The molecule has 1 amide bonds. The highest BCUT2D eigenvalue weighted by Crippen LogP contribution is 2.13. The smallest absolute Gasteiger partial charge is 0.243 e. The van der Waals surface area contributed by atoms with Crippen LogP contribution in [0, 0.1) is 0 Å². The Morgan fingerprint density at radius 2 is 1.92 bits per heavy atom. The fourth-order valence-corrected chi connectivity index (χ4v) is 2.95. The summed E-state index contributed by atoms with van der Waals surface area (Å²) in [5.74, 6) is 0.767. The van der Waals surface area contributed by atoms with Crippen molar-refractivity contribution < 1.29 is 4.79 Å². The first-order valence-electron chi connectivity index (χ1n) is 9.59. The van der Waals surface area contributed by atoms with Crippen molar-refractivity contribution in [3.8, 4) is 0 Å². The maximum absolute atomic E-state index is 11.8. The standard InChI is InChI=1S/C20H33N5O/c1-4-12-21-20(22-15-19(26)24(2)3)23-18-10-13-25(14-11-18)16-17-8-6-5-7-9-17/h5-9,18H,4,10-16H2,1-3H3,(H2,21,22,23). The number of amides is 1. The molecule has 1 saturated heterocycles. The van der Waals surface area contributed by atoms with E-state index < -0.39 is 0 Å². The Balaban J connectivity index is 1.81. The van der Waals surface area contributed by atoms with Crippen LogP contribution in [0.1, 0.15) is 31.7 Å². The summed E-state index contributed by atoms with van der Waals surface area (Å²) in [5, 5.41) is 6.83. The molecule has 0 bridgehead atoms. The summed E-state index contributed by atoms with van der Waals surface area (Å²) in [4.78, 5) is 20.3. The number of carbonyl (C=O) groups is 1. The van der Waals surface area contributed by atoms with Gasteiger partial charge in [0.1, 0.15) is 6.54 Å². The molecule has 1 aliphatic heterocycles. The van der Waals surface area contributed by atoms with Crippen molar-refractivity contribution in [2.75, 3.05) is 40.3 Å². The number of guanidine groups is 1. The zero-order valence-corrected chi connectivity index (χ0v) is 16.4. The molecule has 6 nitrogen and oxygen atoms in total. The molecule has 1 aromatic rings. The zero-order chi connectivity index (χ0) is 18.8. The minimum absolute atomic E-state index is 0.0141. The topological polar surface area (TPSA) is 60.0 Å². The minimum atomic E-state index is 0.0141. The number of carbonyl (C=O) groups excluding carboxylic acids is 1. The average molecular weight is 360 g/mol. The molecule has 0 spiro atoms. The molecule has 0 unspecified atom stereocenters. The van der Waals surface area contributed by atoms with Crippen molar-refractivity contribution in [3.05, 3.63) is 35.9 Å². The summed E-state index contributed by atoms with van der Waals surface area (Å²) >= 11 is 0. The van der Waals surface area contributed by atoms with Crippen LogP contribution in [0.3, 0.4) is 0 Å². The number of benzene rings is 1. The molecule has 0 aliphatic carbocycles. The van der Waals surface area contributed by atoms with Crippen molar-refractivity contribution in [2.24, 2.45) is 4.99 Å². The summed E-state index contributed by atoms with van der Waals surface area (Å²) in [5.41, 5.74) is 1.37. The molecule has 2 rings (SSSR count). The summed E-state index contributed by atoms with van der Waals surface area (Å²) in [7, 11) is 3.51. The Morgan fingerprint density at radius 3 is 2.54 bits per heavy atom. The van der Waals surface area contributed by atoms with Crippen molar-refractivity contribution >= 4 is 11.9 Å². The highest BCUT2D eigenvalue weighted by Gasteiger charge is 2.20. The third kappa shape index (κ3) is 7.04. The first-order valence-corrected chi connectivity index (χ1v) is 9.59. The summed E-state index contributed by atoms with van der Waals surface area (Å²) in [6, 6.07) is 11.0. The number of hydrogen-bond donors (Lipinski definition) is 2. The average Bonchev–Trinajstić information content (AvgIpc) is 2.65. The van der Waals surface area contributed by atoms with E-state index in [0.29, 0.717) is 6.04 Å². The number of likely N-dealkylation sites (N-methyl/N-ethyl adjacent to an activating group) is 1. The Kier molecular flexibility index (Phi) is 8.41. The molecule has 1 aromatic carbocycles. The predicted octanol–water partition coefficient (Wildman–Crippen LogP) is 1.68. The number of rotatable bonds is 7. The molecule has 26 heavy (non-hydrogen) atoms. The number of nitrogens with one attached hydrogen (secondary N) is 2. The van der Waals surface area contributed by atoms with Gasteiger partial charge in [0.15, 0.2) is 5.96 Å². The molecule has 0 saturated carbocycles. The molecule has 0 atom stereocenters. The zero-order valence-electron chi connectivity index (χ0n) is 16.4. The van der Waals surface area contributed by atoms with Crippen LogP contribution in [0.15, 0.2) is 35.3 Å². The van der Waals surface area contributed by atoms with Crippen LogP contribution in [0.2, 0.25) is 0 Å². The van der Waals surface area contributed by atoms with Gasteiger partial charge in [-0.25, -0.2) is 4.99 Å². The van der Waals surface area contributed by atoms with E-state index in [1.165, 1.54) is 5.56 Å². The number of likely N-dealkylation sites (tertiary alicyclic amines) is 1. The molecule has 144 valence electrons. The normalized spacial score (nSPS) is 16.3. The third-order valence-corrected chi connectivity index (χ3v) is 4.59. The fraction of sp³-hybridized carbons (Fsp3) is 0.600. The molecule has 0 aromatic heterocycles. The Bertz CT molecular complexity index is 565. The molecule has 1 aliphatic rings. The van der Waals surface area contributed by atoms with Crippen LogP contribution in [0.5, 0.6) is 0 Å². The quantitative estimate of drug-likeness (QED) is 0.574. The van der Waals surface area contributed by atoms with Gasteiger partial charge in [-0.05, 0) is 24.8 Å². The van der Waals surface area contributed by atoms with Crippen molar-refractivity contribution in [1.82, 2.24) is 20.4 Å². The van der Waals surface area contributed by atoms with E-state index >= 15 is 0 Å². The summed E-state index contributed by atoms with van der Waals surface area (Å²) in [6.07, 6.45) is 3.19. The van der Waals surface area contributed by atoms with Gasteiger partial charge in [-0.1, -0.05) is 37.3 Å². The second-order valence-electron chi connectivity index (χ2n) is 7.06. The predicted molar refractivity (Wildman–Crippen MR) is 107 cm³/mol. The Labute approximate surface area is 157 Å². The van der Waals surface area contributed by atoms with Crippen molar-refractivity contribution in [2.45, 2.75) is 38.8 Å². The van der Waals surface area contributed by atoms with Gasteiger partial charge in [0.2, 0.25) is 5.91 Å². The van der Waals surface area contributed by atoms with Crippen LogP contribution >= 0.6 is 0 Å². The van der Waals surface area contributed by atoms with E-state index in [-0.39, 0.29) is 12.5 Å². The highest BCUT2D eigenvalue weighted by molar-refractivity contribution is 5.84. The first-order chi connectivity index (χ1) is 12.6. The van der Waals surface area contributed by atoms with E-state index in [4.69, 9.17) is 0 Å². The van der Waals surface area contributed by atoms with Gasteiger partial charge in [-0.15, -0.1) is 0 Å². The van der Waals surface area contributed by atoms with E-state index in [2.05, 4.69) is 57.8 Å². The van der Waals surface area contributed by atoms with Gasteiger partial charge in [-0.3, -0.25) is 9.69 Å². The maximum atomic E-state index is 11.8. The summed E-state index contributed by atoms with van der Waals surface area (Å²) < 4.78 is 0. The summed E-state index contributed by atoms with van der Waals surface area (Å²) in [6.45, 7) is 6.32. The van der Waals surface area contributed by atoms with E-state index in [1.807, 2.05) is 0 Å². The monoisotopic (exact) mass is 359 g/mol. The van der Waals surface area contributed by atoms with Crippen LogP contribution in [-0.4, -0.2) is 68.0 Å². The van der Waals surface area contributed by atoms with Crippen LogP contribution < -0.4 is 10.6 Å². The molecule has 1 fully saturated rings. The number of piperidine rings is 1. The largest absolute Gasteiger partial charge is 0.356 e. The Morgan fingerprint density at radius 1 is 1.23 bits per heavy atom. The third-order valence-electron chi connectivity index (χ3n) is 4.59.